The molecule has 7 heteroatoms. The van der Waals surface area contributed by atoms with Crippen LogP contribution in [0.3, 0.4) is 0 Å². The highest BCUT2D eigenvalue weighted by Gasteiger charge is 2.34. The van der Waals surface area contributed by atoms with Crippen LogP contribution in [0.2, 0.25) is 0 Å². The van der Waals surface area contributed by atoms with Gasteiger partial charge in [-0.15, -0.1) is 11.3 Å². The summed E-state index contributed by atoms with van der Waals surface area (Å²) in [5.74, 6) is 0.954. The number of phenolic OH excluding ortho intramolecular Hbond substituents is 1. The molecule has 122 valence electrons. The second-order valence-corrected chi connectivity index (χ2v) is 6.52. The van der Waals surface area contributed by atoms with Crippen LogP contribution < -0.4 is 10.1 Å². The number of carbonyl (C=O) groups is 1. The maximum Gasteiger partial charge on any atom is 0.226 e. The predicted molar refractivity (Wildman–Crippen MR) is 91.6 cm³/mol. The number of fused-ring (bicyclic) bond motifs is 1. The molecule has 0 saturated heterocycles. The van der Waals surface area contributed by atoms with E-state index in [9.17, 15) is 9.90 Å². The van der Waals surface area contributed by atoms with Crippen LogP contribution in [0.4, 0.5) is 5.82 Å². The molecule has 0 saturated carbocycles. The van der Waals surface area contributed by atoms with Crippen molar-refractivity contribution in [3.05, 3.63) is 46.8 Å². The van der Waals surface area contributed by atoms with E-state index in [0.717, 1.165) is 21.7 Å². The first-order chi connectivity index (χ1) is 11.7. The summed E-state index contributed by atoms with van der Waals surface area (Å²) in [6, 6.07) is 8.91. The van der Waals surface area contributed by atoms with Gasteiger partial charge in [0.15, 0.2) is 5.82 Å². The average Bonchev–Trinajstić information content (AvgIpc) is 3.22. The SMILES string of the molecule is COc1ccc(O)cc1C1CC(=O)Nc2n[nH]c(-c3cccs3)c21. The first-order valence-electron chi connectivity index (χ1n) is 7.46. The monoisotopic (exact) mass is 341 g/mol. The smallest absolute Gasteiger partial charge is 0.226 e. The largest absolute Gasteiger partial charge is 0.508 e. The number of nitrogens with zero attached hydrogens (tertiary/aromatic N) is 1. The topological polar surface area (TPSA) is 87.2 Å². The molecular weight excluding hydrogens is 326 g/mol. The van der Waals surface area contributed by atoms with Gasteiger partial charge in [0.25, 0.3) is 0 Å². The highest BCUT2D eigenvalue weighted by molar-refractivity contribution is 7.13. The predicted octanol–water partition coefficient (Wildman–Crippen LogP) is 3.33. The zero-order chi connectivity index (χ0) is 16.7. The van der Waals surface area contributed by atoms with E-state index < -0.39 is 0 Å². The standard InChI is InChI=1S/C17H15N3O3S/c1-23-12-5-4-9(21)7-10(12)11-8-14(22)18-17-15(11)16(19-20-17)13-3-2-6-24-13/h2-7,11,21H,8H2,1H3,(H2,18,19,20,22). The normalized spacial score (nSPS) is 16.5. The van der Waals surface area contributed by atoms with E-state index in [4.69, 9.17) is 4.74 Å². The van der Waals surface area contributed by atoms with Gasteiger partial charge in [-0.2, -0.15) is 5.10 Å². The van der Waals surface area contributed by atoms with E-state index >= 15 is 0 Å². The van der Waals surface area contributed by atoms with Gasteiger partial charge in [-0.1, -0.05) is 6.07 Å². The van der Waals surface area contributed by atoms with Gasteiger partial charge in [-0.3, -0.25) is 9.89 Å². The number of benzene rings is 1. The number of carbonyl (C=O) groups excluding carboxylic acids is 1. The number of phenols is 1. The van der Waals surface area contributed by atoms with Crippen LogP contribution >= 0.6 is 11.3 Å². The van der Waals surface area contributed by atoms with Gasteiger partial charge < -0.3 is 15.2 Å². The summed E-state index contributed by atoms with van der Waals surface area (Å²) in [5.41, 5.74) is 2.57. The first kappa shape index (κ1) is 14.8. The Morgan fingerprint density at radius 3 is 3.00 bits per heavy atom. The number of hydrogen-bond donors (Lipinski definition) is 3. The lowest BCUT2D eigenvalue weighted by atomic mass is 9.84. The average molecular weight is 341 g/mol. The van der Waals surface area contributed by atoms with Gasteiger partial charge in [0.1, 0.15) is 11.5 Å². The number of nitrogens with one attached hydrogen (secondary N) is 2. The fourth-order valence-electron chi connectivity index (χ4n) is 3.12. The number of aromatic hydroxyl groups is 1. The Bertz CT molecular complexity index is 902. The van der Waals surface area contributed by atoms with Gasteiger partial charge in [0, 0.05) is 23.5 Å². The van der Waals surface area contributed by atoms with Crippen molar-refractivity contribution >= 4 is 23.1 Å². The van der Waals surface area contributed by atoms with Gasteiger partial charge in [0.05, 0.1) is 17.7 Å². The van der Waals surface area contributed by atoms with Crippen LogP contribution in [-0.2, 0) is 4.79 Å². The van der Waals surface area contributed by atoms with E-state index in [1.165, 1.54) is 0 Å². The molecule has 1 unspecified atom stereocenters. The third-order valence-corrected chi connectivity index (χ3v) is 5.04. The van der Waals surface area contributed by atoms with Crippen LogP contribution in [0.15, 0.2) is 35.7 Å². The number of aromatic nitrogens is 2. The fraction of sp³-hybridized carbons (Fsp3) is 0.176. The minimum atomic E-state index is -0.244. The molecule has 1 aliphatic rings. The molecule has 2 aromatic heterocycles. The molecule has 1 atom stereocenters. The molecule has 0 bridgehead atoms. The van der Waals surface area contributed by atoms with Crippen molar-refractivity contribution in [2.75, 3.05) is 12.4 Å². The minimum Gasteiger partial charge on any atom is -0.508 e. The highest BCUT2D eigenvalue weighted by atomic mass is 32.1. The molecule has 3 aromatic rings. The van der Waals surface area contributed by atoms with Crippen LogP contribution in [0.1, 0.15) is 23.5 Å². The van der Waals surface area contributed by atoms with Crippen LogP contribution in [0, 0.1) is 0 Å². The zero-order valence-electron chi connectivity index (χ0n) is 12.9. The van der Waals surface area contributed by atoms with Crippen molar-refractivity contribution in [3.63, 3.8) is 0 Å². The number of rotatable bonds is 3. The maximum absolute atomic E-state index is 12.1. The fourth-order valence-corrected chi connectivity index (χ4v) is 3.86. The minimum absolute atomic E-state index is 0.109. The van der Waals surface area contributed by atoms with E-state index in [0.29, 0.717) is 11.6 Å². The third-order valence-electron chi connectivity index (χ3n) is 4.16. The Balaban J connectivity index is 1.92. The van der Waals surface area contributed by atoms with E-state index in [1.54, 1.807) is 36.6 Å². The second-order valence-electron chi connectivity index (χ2n) is 5.57. The number of thiophene rings is 1. The Kier molecular flexibility index (Phi) is 3.50. The van der Waals surface area contributed by atoms with E-state index in [2.05, 4.69) is 15.5 Å². The molecule has 1 aromatic carbocycles. The first-order valence-corrected chi connectivity index (χ1v) is 8.34. The summed E-state index contributed by atoms with van der Waals surface area (Å²) in [4.78, 5) is 13.2. The summed E-state index contributed by atoms with van der Waals surface area (Å²) in [6.45, 7) is 0. The van der Waals surface area contributed by atoms with Gasteiger partial charge in [-0.05, 0) is 29.6 Å². The lowest BCUT2D eigenvalue weighted by Gasteiger charge is -2.24. The molecule has 4 rings (SSSR count). The number of methoxy groups -OCH3 is 1. The molecule has 24 heavy (non-hydrogen) atoms. The number of amides is 1. The molecule has 3 heterocycles. The Hall–Kier alpha value is -2.80. The molecule has 1 amide bonds. The van der Waals surface area contributed by atoms with Gasteiger partial charge >= 0.3 is 0 Å². The molecule has 3 N–H and O–H groups in total. The number of hydrogen-bond acceptors (Lipinski definition) is 5. The summed E-state index contributed by atoms with van der Waals surface area (Å²) < 4.78 is 5.44. The van der Waals surface area contributed by atoms with Gasteiger partial charge in [-0.25, -0.2) is 0 Å². The lowest BCUT2D eigenvalue weighted by molar-refractivity contribution is -0.116. The number of H-pyrrole nitrogens is 1. The molecule has 6 nitrogen and oxygen atoms in total. The Morgan fingerprint density at radius 2 is 2.25 bits per heavy atom. The van der Waals surface area contributed by atoms with Crippen molar-refractivity contribution in [3.8, 4) is 22.1 Å². The van der Waals surface area contributed by atoms with Gasteiger partial charge in [0.2, 0.25) is 5.91 Å². The second kappa shape index (κ2) is 5.68. The summed E-state index contributed by atoms with van der Waals surface area (Å²) in [5, 5.41) is 22.0. The summed E-state index contributed by atoms with van der Waals surface area (Å²) in [6.07, 6.45) is 0.269. The Morgan fingerprint density at radius 1 is 1.38 bits per heavy atom. The summed E-state index contributed by atoms with van der Waals surface area (Å²) in [7, 11) is 1.58. The zero-order valence-corrected chi connectivity index (χ0v) is 13.7. The number of anilines is 1. The molecule has 1 aliphatic heterocycles. The van der Waals surface area contributed by atoms with E-state index in [-0.39, 0.29) is 24.0 Å². The van der Waals surface area contributed by atoms with Crippen molar-refractivity contribution in [1.82, 2.24) is 10.2 Å². The maximum atomic E-state index is 12.1. The lowest BCUT2D eigenvalue weighted by Crippen LogP contribution is -2.23. The van der Waals surface area contributed by atoms with Crippen LogP contribution in [0.25, 0.3) is 10.6 Å². The van der Waals surface area contributed by atoms with Crippen molar-refractivity contribution in [1.29, 1.82) is 0 Å². The van der Waals surface area contributed by atoms with Crippen molar-refractivity contribution < 1.29 is 14.6 Å². The third kappa shape index (κ3) is 2.33. The van der Waals surface area contributed by atoms with Crippen LogP contribution in [-0.4, -0.2) is 28.3 Å². The van der Waals surface area contributed by atoms with Crippen LogP contribution in [0.5, 0.6) is 11.5 Å². The molecular formula is C17H15N3O3S. The highest BCUT2D eigenvalue weighted by Crippen LogP contribution is 2.45. The van der Waals surface area contributed by atoms with Crippen molar-refractivity contribution in [2.24, 2.45) is 0 Å². The molecule has 0 radical (unpaired) electrons. The molecule has 0 aliphatic carbocycles. The Labute approximate surface area is 142 Å². The number of ether oxygens (including phenoxy) is 1. The van der Waals surface area contributed by atoms with E-state index in [1.807, 2.05) is 17.5 Å². The quantitative estimate of drug-likeness (QED) is 0.682. The molecule has 0 spiro atoms. The summed E-state index contributed by atoms with van der Waals surface area (Å²) >= 11 is 1.60. The molecule has 0 fully saturated rings. The number of aromatic amines is 1. The van der Waals surface area contributed by atoms with Crippen molar-refractivity contribution in [2.45, 2.75) is 12.3 Å².